The van der Waals surface area contributed by atoms with Crippen LogP contribution in [0.15, 0.2) is 47.6 Å². The summed E-state index contributed by atoms with van der Waals surface area (Å²) < 4.78 is 14.6. The van der Waals surface area contributed by atoms with E-state index in [2.05, 4.69) is 44.7 Å². The van der Waals surface area contributed by atoms with Gasteiger partial charge in [-0.1, -0.05) is 64.2 Å². The van der Waals surface area contributed by atoms with Crippen LogP contribution in [0.3, 0.4) is 0 Å². The molecule has 3 rings (SSSR count). The molecule has 3 saturated carbocycles. The first-order valence-corrected chi connectivity index (χ1v) is 13.4. The highest BCUT2D eigenvalue weighted by Gasteiger charge is 2.50. The second kappa shape index (κ2) is 11.0. The van der Waals surface area contributed by atoms with Gasteiger partial charge in [0.15, 0.2) is 0 Å². The molecule has 186 valence electrons. The fraction of sp³-hybridized carbons (Fsp3) is 0.733. The summed E-state index contributed by atoms with van der Waals surface area (Å²) in [7, 11) is 0. The quantitative estimate of drug-likeness (QED) is 0.367. The molecule has 0 saturated heterocycles. The Morgan fingerprint density at radius 1 is 1.21 bits per heavy atom. The molecule has 3 aliphatic carbocycles. The van der Waals surface area contributed by atoms with Crippen molar-refractivity contribution < 1.29 is 14.6 Å². The van der Waals surface area contributed by atoms with E-state index in [9.17, 15) is 14.6 Å². The summed E-state index contributed by atoms with van der Waals surface area (Å²) in [6.07, 6.45) is 17.7. The van der Waals surface area contributed by atoms with E-state index in [-0.39, 0.29) is 0 Å². The molecule has 2 nitrogen and oxygen atoms in total. The van der Waals surface area contributed by atoms with Crippen molar-refractivity contribution in [3.8, 4) is 0 Å². The number of rotatable bonds is 8. The highest BCUT2D eigenvalue weighted by atomic mass is 19.1. The third kappa shape index (κ3) is 5.90. The average molecular weight is 459 g/mol. The molecule has 2 N–H and O–H groups in total. The lowest BCUT2D eigenvalue weighted by molar-refractivity contribution is 0.0862. The molecule has 0 amide bonds. The monoisotopic (exact) mass is 458 g/mol. The van der Waals surface area contributed by atoms with Gasteiger partial charge in [0.2, 0.25) is 0 Å². The number of alkyl halides is 1. The number of aliphatic hydroxyl groups is 2. The van der Waals surface area contributed by atoms with Gasteiger partial charge in [-0.05, 0) is 98.5 Å². The van der Waals surface area contributed by atoms with Crippen molar-refractivity contribution in [2.45, 2.75) is 116 Å². The minimum absolute atomic E-state index is 0.311. The molecule has 0 unspecified atom stereocenters. The van der Waals surface area contributed by atoms with Gasteiger partial charge in [-0.15, -0.1) is 0 Å². The number of halogens is 1. The molecule has 3 aliphatic rings. The van der Waals surface area contributed by atoms with Crippen LogP contribution in [0.1, 0.15) is 98.3 Å². The average Bonchev–Trinajstić information content (AvgIpc) is 3.15. The van der Waals surface area contributed by atoms with Crippen LogP contribution in [0.5, 0.6) is 0 Å². The number of allylic oxidation sites excluding steroid dienone is 5. The van der Waals surface area contributed by atoms with E-state index in [4.69, 9.17) is 0 Å². The molecule has 0 aromatic rings. The van der Waals surface area contributed by atoms with E-state index < -0.39 is 17.9 Å². The molecule has 33 heavy (non-hydrogen) atoms. The van der Waals surface area contributed by atoms with Gasteiger partial charge in [-0.25, -0.2) is 4.39 Å². The van der Waals surface area contributed by atoms with Crippen molar-refractivity contribution in [2.24, 2.45) is 23.2 Å². The fourth-order valence-corrected chi connectivity index (χ4v) is 7.00. The van der Waals surface area contributed by atoms with Crippen molar-refractivity contribution >= 4 is 0 Å². The Morgan fingerprint density at radius 3 is 2.64 bits per heavy atom. The molecule has 0 aliphatic heterocycles. The Hall–Kier alpha value is -1.19. The van der Waals surface area contributed by atoms with Crippen LogP contribution < -0.4 is 0 Å². The van der Waals surface area contributed by atoms with Gasteiger partial charge in [-0.2, -0.15) is 0 Å². The lowest BCUT2D eigenvalue weighted by Crippen LogP contribution is -2.35. The molecular weight excluding hydrogens is 411 g/mol. The Bertz CT molecular complexity index is 774. The Balaban J connectivity index is 1.67. The molecule has 0 aromatic heterocycles. The zero-order chi connectivity index (χ0) is 24.2. The molecule has 6 atom stereocenters. The SMILES string of the molecule is C=C1/C(=C\C=C2/CCC[C@]3(C)[C@@H]([C@@H](C)/C=C/CCC(F)(CC)CC)CC[C@@H]23)C[C@@H](O)C[C@@H]1O. The zero-order valence-corrected chi connectivity index (χ0v) is 21.5. The van der Waals surface area contributed by atoms with E-state index in [0.29, 0.717) is 55.3 Å². The highest BCUT2D eigenvalue weighted by Crippen LogP contribution is 2.59. The standard InChI is InChI=1S/C30H47FO2/c1-6-30(31,7-2)18-9-8-11-21(3)26-15-16-27-23(12-10-17-29(26,27)5)13-14-24-19-25(32)20-28(33)22(24)4/h8,11,13-14,21,25-28,32-33H,4,6-7,9-10,12,15-20H2,1-3,5H3/b11-8+,23-13+,24-14-/t21-,25+,26+,27-,28-,29+/m0/s1. The van der Waals surface area contributed by atoms with Crippen LogP contribution in [0.25, 0.3) is 0 Å². The summed E-state index contributed by atoms with van der Waals surface area (Å²) in [5.74, 6) is 1.78. The number of aliphatic hydroxyl groups excluding tert-OH is 2. The van der Waals surface area contributed by atoms with E-state index in [1.807, 2.05) is 13.8 Å². The summed E-state index contributed by atoms with van der Waals surface area (Å²) in [6.45, 7) is 12.8. The topological polar surface area (TPSA) is 40.5 Å². The minimum Gasteiger partial charge on any atom is -0.393 e. The molecular formula is C30H47FO2. The van der Waals surface area contributed by atoms with Gasteiger partial charge in [0, 0.05) is 6.42 Å². The lowest BCUT2D eigenvalue weighted by Gasteiger charge is -2.44. The van der Waals surface area contributed by atoms with Gasteiger partial charge in [0.05, 0.1) is 12.2 Å². The van der Waals surface area contributed by atoms with Gasteiger partial charge < -0.3 is 10.2 Å². The lowest BCUT2D eigenvalue weighted by atomic mass is 9.61. The van der Waals surface area contributed by atoms with Gasteiger partial charge >= 0.3 is 0 Å². The summed E-state index contributed by atoms with van der Waals surface area (Å²) in [6, 6.07) is 0. The third-order valence-corrected chi connectivity index (χ3v) is 9.40. The second-order valence-corrected chi connectivity index (χ2v) is 11.3. The minimum atomic E-state index is -1.01. The maximum absolute atomic E-state index is 14.6. The van der Waals surface area contributed by atoms with Crippen LogP contribution in [-0.4, -0.2) is 28.1 Å². The molecule has 3 heteroatoms. The number of hydrogen-bond donors (Lipinski definition) is 2. The summed E-state index contributed by atoms with van der Waals surface area (Å²) in [4.78, 5) is 0. The molecule has 0 radical (unpaired) electrons. The first kappa shape index (κ1) is 26.4. The normalized spacial score (nSPS) is 36.6. The van der Waals surface area contributed by atoms with E-state index in [1.54, 1.807) is 0 Å². The largest absolute Gasteiger partial charge is 0.393 e. The second-order valence-electron chi connectivity index (χ2n) is 11.3. The highest BCUT2D eigenvalue weighted by molar-refractivity contribution is 5.38. The van der Waals surface area contributed by atoms with Gasteiger partial charge in [-0.3, -0.25) is 0 Å². The Kier molecular flexibility index (Phi) is 8.83. The van der Waals surface area contributed by atoms with Crippen LogP contribution in [0.2, 0.25) is 0 Å². The molecule has 0 heterocycles. The van der Waals surface area contributed by atoms with E-state index in [0.717, 1.165) is 24.0 Å². The predicted octanol–water partition coefficient (Wildman–Crippen LogP) is 7.63. The van der Waals surface area contributed by atoms with Crippen molar-refractivity contribution in [1.82, 2.24) is 0 Å². The first-order chi connectivity index (χ1) is 15.6. The maximum atomic E-state index is 14.6. The summed E-state index contributed by atoms with van der Waals surface area (Å²) in [5, 5.41) is 20.2. The summed E-state index contributed by atoms with van der Waals surface area (Å²) >= 11 is 0. The van der Waals surface area contributed by atoms with Crippen LogP contribution in [0, 0.1) is 23.2 Å². The van der Waals surface area contributed by atoms with E-state index >= 15 is 0 Å². The van der Waals surface area contributed by atoms with Gasteiger partial charge in [0.25, 0.3) is 0 Å². The molecule has 0 spiro atoms. The van der Waals surface area contributed by atoms with Crippen molar-refractivity contribution in [3.05, 3.63) is 47.6 Å². The molecule has 3 fully saturated rings. The van der Waals surface area contributed by atoms with Crippen molar-refractivity contribution in [2.75, 3.05) is 0 Å². The molecule has 0 aromatic carbocycles. The first-order valence-electron chi connectivity index (χ1n) is 13.4. The van der Waals surface area contributed by atoms with Gasteiger partial charge in [0.1, 0.15) is 5.67 Å². The van der Waals surface area contributed by atoms with Crippen molar-refractivity contribution in [3.63, 3.8) is 0 Å². The maximum Gasteiger partial charge on any atom is 0.110 e. The molecule has 0 bridgehead atoms. The van der Waals surface area contributed by atoms with Crippen molar-refractivity contribution in [1.29, 1.82) is 0 Å². The van der Waals surface area contributed by atoms with Crippen LogP contribution in [0.4, 0.5) is 4.39 Å². The third-order valence-electron chi connectivity index (χ3n) is 9.40. The van der Waals surface area contributed by atoms with Crippen LogP contribution in [-0.2, 0) is 0 Å². The van der Waals surface area contributed by atoms with E-state index in [1.165, 1.54) is 31.3 Å². The Morgan fingerprint density at radius 2 is 1.94 bits per heavy atom. The van der Waals surface area contributed by atoms with Crippen LogP contribution >= 0.6 is 0 Å². The predicted molar refractivity (Wildman–Crippen MR) is 137 cm³/mol. The summed E-state index contributed by atoms with van der Waals surface area (Å²) in [5.41, 5.74) is 2.60. The Labute approximate surface area is 201 Å². The fourth-order valence-electron chi connectivity index (χ4n) is 7.00. The number of fused-ring (bicyclic) bond motifs is 1. The smallest absolute Gasteiger partial charge is 0.110 e. The zero-order valence-electron chi connectivity index (χ0n) is 21.5. The number of hydrogen-bond acceptors (Lipinski definition) is 2.